The van der Waals surface area contributed by atoms with E-state index in [-0.39, 0.29) is 11.5 Å². The number of nitrogens with two attached hydrogens (primary N) is 1. The first-order valence-electron chi connectivity index (χ1n) is 5.57. The molecule has 18 heavy (non-hydrogen) atoms. The zero-order valence-electron chi connectivity index (χ0n) is 9.86. The molecule has 0 unspecified atom stereocenters. The molecule has 0 bridgehead atoms. The molecule has 1 aliphatic rings. The summed E-state index contributed by atoms with van der Waals surface area (Å²) in [6.45, 7) is 3.39. The van der Waals surface area contributed by atoms with Gasteiger partial charge in [-0.25, -0.2) is 0 Å². The van der Waals surface area contributed by atoms with Crippen LogP contribution in [0.1, 0.15) is 10.4 Å². The van der Waals surface area contributed by atoms with Gasteiger partial charge in [-0.05, 0) is 23.9 Å². The minimum atomic E-state index is -0.220. The maximum Gasteiger partial charge on any atom is 0.277 e. The normalized spacial score (nSPS) is 13.5. The Morgan fingerprint density at radius 2 is 2.44 bits per heavy atom. The van der Waals surface area contributed by atoms with Crippen molar-refractivity contribution in [3.05, 3.63) is 32.2 Å². The number of fused-ring (bicyclic) bond motifs is 1. The van der Waals surface area contributed by atoms with Crippen LogP contribution in [0.3, 0.4) is 0 Å². The number of nitrogen functional groups attached to an aromatic ring is 1. The standard InChI is InChI=1S/C11H13N5OS/c1-6-2-3-18-7(6)4-16-5-13-8-9(16)14-11(12)15-10(8)17/h2-3,13H,4-5H2,1H3,(H3,12,14,15,17). The summed E-state index contributed by atoms with van der Waals surface area (Å²) in [7, 11) is 0. The number of aromatic nitrogens is 2. The molecule has 3 heterocycles. The third kappa shape index (κ3) is 1.72. The number of aromatic amines is 1. The predicted molar refractivity (Wildman–Crippen MR) is 73.0 cm³/mol. The van der Waals surface area contributed by atoms with Crippen LogP contribution in [0.15, 0.2) is 16.2 Å². The number of nitrogens with one attached hydrogen (secondary N) is 2. The van der Waals surface area contributed by atoms with Gasteiger partial charge in [0.1, 0.15) is 5.69 Å². The van der Waals surface area contributed by atoms with E-state index in [1.54, 1.807) is 11.3 Å². The van der Waals surface area contributed by atoms with Gasteiger partial charge >= 0.3 is 0 Å². The Morgan fingerprint density at radius 3 is 3.17 bits per heavy atom. The Labute approximate surface area is 107 Å². The molecule has 7 heteroatoms. The molecule has 0 spiro atoms. The summed E-state index contributed by atoms with van der Waals surface area (Å²) < 4.78 is 0. The van der Waals surface area contributed by atoms with E-state index in [4.69, 9.17) is 5.73 Å². The summed E-state index contributed by atoms with van der Waals surface area (Å²) in [5.41, 5.74) is 7.11. The molecule has 0 atom stereocenters. The average molecular weight is 263 g/mol. The van der Waals surface area contributed by atoms with Gasteiger partial charge in [0, 0.05) is 4.88 Å². The summed E-state index contributed by atoms with van der Waals surface area (Å²) in [4.78, 5) is 21.6. The lowest BCUT2D eigenvalue weighted by Crippen LogP contribution is -2.22. The van der Waals surface area contributed by atoms with E-state index in [0.717, 1.165) is 6.54 Å². The molecule has 2 aromatic heterocycles. The highest BCUT2D eigenvalue weighted by Crippen LogP contribution is 2.28. The molecule has 0 aromatic carbocycles. The Kier molecular flexibility index (Phi) is 2.48. The molecule has 0 amide bonds. The van der Waals surface area contributed by atoms with E-state index < -0.39 is 0 Å². The third-order valence-electron chi connectivity index (χ3n) is 2.97. The lowest BCUT2D eigenvalue weighted by atomic mass is 10.3. The van der Waals surface area contributed by atoms with E-state index in [2.05, 4.69) is 33.7 Å². The summed E-state index contributed by atoms with van der Waals surface area (Å²) in [6.07, 6.45) is 0. The highest BCUT2D eigenvalue weighted by molar-refractivity contribution is 7.10. The number of aryl methyl sites for hydroxylation is 1. The number of thiophene rings is 1. The van der Waals surface area contributed by atoms with Crippen LogP contribution in [0, 0.1) is 6.92 Å². The van der Waals surface area contributed by atoms with Crippen molar-refractivity contribution < 1.29 is 0 Å². The molecule has 0 saturated carbocycles. The number of anilines is 3. The van der Waals surface area contributed by atoms with Gasteiger partial charge < -0.3 is 16.0 Å². The van der Waals surface area contributed by atoms with Crippen molar-refractivity contribution in [3.8, 4) is 0 Å². The largest absolute Gasteiger partial charge is 0.369 e. The van der Waals surface area contributed by atoms with E-state index in [1.165, 1.54) is 10.4 Å². The van der Waals surface area contributed by atoms with E-state index in [1.807, 2.05) is 4.90 Å². The predicted octanol–water partition coefficient (Wildman–Crippen LogP) is 1.11. The molecular weight excluding hydrogens is 250 g/mol. The quantitative estimate of drug-likeness (QED) is 0.755. The molecule has 0 saturated heterocycles. The van der Waals surface area contributed by atoms with Crippen LogP contribution in [0.25, 0.3) is 0 Å². The molecule has 4 N–H and O–H groups in total. The van der Waals surface area contributed by atoms with Crippen LogP contribution in [0.2, 0.25) is 0 Å². The maximum atomic E-state index is 11.7. The van der Waals surface area contributed by atoms with Gasteiger partial charge in [-0.3, -0.25) is 9.78 Å². The van der Waals surface area contributed by atoms with Gasteiger partial charge in [0.15, 0.2) is 5.82 Å². The Hall–Kier alpha value is -2.02. The fourth-order valence-corrected chi connectivity index (χ4v) is 2.91. The van der Waals surface area contributed by atoms with Crippen molar-refractivity contribution in [1.82, 2.24) is 9.97 Å². The first-order valence-corrected chi connectivity index (χ1v) is 6.44. The van der Waals surface area contributed by atoms with Crippen LogP contribution < -0.4 is 21.5 Å². The van der Waals surface area contributed by atoms with E-state index in [9.17, 15) is 4.79 Å². The average Bonchev–Trinajstić information content (AvgIpc) is 2.88. The lowest BCUT2D eigenvalue weighted by molar-refractivity contribution is 0.863. The van der Waals surface area contributed by atoms with Crippen molar-refractivity contribution in [3.63, 3.8) is 0 Å². The van der Waals surface area contributed by atoms with Crippen LogP contribution in [0.4, 0.5) is 17.5 Å². The van der Waals surface area contributed by atoms with Gasteiger partial charge in [-0.1, -0.05) is 0 Å². The van der Waals surface area contributed by atoms with Gasteiger partial charge in [-0.2, -0.15) is 4.98 Å². The summed E-state index contributed by atoms with van der Waals surface area (Å²) in [5, 5.41) is 5.11. The van der Waals surface area contributed by atoms with Gasteiger partial charge in [0.05, 0.1) is 13.2 Å². The van der Waals surface area contributed by atoms with Crippen molar-refractivity contribution >= 4 is 28.8 Å². The Bertz CT molecular complexity index is 647. The number of hydrogen-bond acceptors (Lipinski definition) is 6. The van der Waals surface area contributed by atoms with Crippen LogP contribution in [0.5, 0.6) is 0 Å². The number of hydrogen-bond donors (Lipinski definition) is 3. The molecule has 2 aromatic rings. The van der Waals surface area contributed by atoms with Crippen molar-refractivity contribution in [1.29, 1.82) is 0 Å². The molecule has 0 aliphatic carbocycles. The van der Waals surface area contributed by atoms with Crippen LogP contribution in [-0.2, 0) is 6.54 Å². The maximum absolute atomic E-state index is 11.7. The molecular formula is C11H13N5OS. The highest BCUT2D eigenvalue weighted by Gasteiger charge is 2.24. The number of H-pyrrole nitrogens is 1. The number of rotatable bonds is 2. The molecule has 6 nitrogen and oxygen atoms in total. The molecule has 1 aliphatic heterocycles. The number of nitrogens with zero attached hydrogens (tertiary/aromatic N) is 2. The molecule has 0 radical (unpaired) electrons. The second kappa shape index (κ2) is 4.02. The van der Waals surface area contributed by atoms with E-state index >= 15 is 0 Å². The molecule has 0 fully saturated rings. The fourth-order valence-electron chi connectivity index (χ4n) is 1.99. The first kappa shape index (κ1) is 11.1. The summed E-state index contributed by atoms with van der Waals surface area (Å²) in [5.74, 6) is 0.777. The van der Waals surface area contributed by atoms with Gasteiger partial charge in [0.25, 0.3) is 5.56 Å². The zero-order valence-corrected chi connectivity index (χ0v) is 10.7. The second-order valence-corrected chi connectivity index (χ2v) is 5.21. The SMILES string of the molecule is Cc1ccsc1CN1CNc2c1nc(N)[nH]c2=O. The third-order valence-corrected chi connectivity index (χ3v) is 3.98. The zero-order chi connectivity index (χ0) is 12.7. The first-order chi connectivity index (χ1) is 8.65. The lowest BCUT2D eigenvalue weighted by Gasteiger charge is -2.16. The minimum Gasteiger partial charge on any atom is -0.369 e. The molecule has 94 valence electrons. The Morgan fingerprint density at radius 1 is 1.61 bits per heavy atom. The topological polar surface area (TPSA) is 87.0 Å². The minimum absolute atomic E-state index is 0.148. The van der Waals surface area contributed by atoms with E-state index in [0.29, 0.717) is 18.2 Å². The second-order valence-electron chi connectivity index (χ2n) is 4.21. The Balaban J connectivity index is 1.96. The monoisotopic (exact) mass is 263 g/mol. The van der Waals surface area contributed by atoms with Crippen molar-refractivity contribution in [2.45, 2.75) is 13.5 Å². The summed E-state index contributed by atoms with van der Waals surface area (Å²) >= 11 is 1.71. The smallest absolute Gasteiger partial charge is 0.277 e. The van der Waals surface area contributed by atoms with Crippen LogP contribution >= 0.6 is 11.3 Å². The fraction of sp³-hybridized carbons (Fsp3) is 0.273. The van der Waals surface area contributed by atoms with Crippen LogP contribution in [-0.4, -0.2) is 16.6 Å². The van der Waals surface area contributed by atoms with Crippen molar-refractivity contribution in [2.24, 2.45) is 0 Å². The molecule has 3 rings (SSSR count). The summed E-state index contributed by atoms with van der Waals surface area (Å²) in [6, 6.07) is 2.09. The van der Waals surface area contributed by atoms with Gasteiger partial charge in [0.2, 0.25) is 5.95 Å². The van der Waals surface area contributed by atoms with Crippen molar-refractivity contribution in [2.75, 3.05) is 22.6 Å². The van der Waals surface area contributed by atoms with Gasteiger partial charge in [-0.15, -0.1) is 11.3 Å². The highest BCUT2D eigenvalue weighted by atomic mass is 32.1.